The Morgan fingerprint density at radius 1 is 1.04 bits per heavy atom. The number of nitrogens with two attached hydrogens (primary N) is 1. The Balaban J connectivity index is 1.04. The zero-order valence-corrected chi connectivity index (χ0v) is 32.2. The summed E-state index contributed by atoms with van der Waals surface area (Å²) in [6.45, 7) is 18.2. The van der Waals surface area contributed by atoms with E-state index in [1.54, 1.807) is 0 Å². The molecular weight excluding hydrogens is 677 g/mol. The number of quaternary nitrogens is 2. The van der Waals surface area contributed by atoms with Gasteiger partial charge in [0.05, 0.1) is 23.4 Å². The van der Waals surface area contributed by atoms with Crippen LogP contribution >= 0.6 is 0 Å². The topological polar surface area (TPSA) is 132 Å². The first-order valence-electron chi connectivity index (χ1n) is 19.1. The molecule has 278 valence electrons. The van der Waals surface area contributed by atoms with Gasteiger partial charge in [-0.15, -0.1) is 0 Å². The first kappa shape index (κ1) is 36.4. The lowest BCUT2D eigenvalue weighted by Crippen LogP contribution is -2.75. The van der Waals surface area contributed by atoms with Crippen molar-refractivity contribution in [2.24, 2.45) is 17.6 Å². The number of carboxylic acids is 1. The SMILES string of the molecule is CC[Si](CC)(CC)O[C@H](C)[C@H]1C(=O)N2C(C(=O)O)=C(/C=C/COc3cccc4oc5cc(C[N+]67CC[N+](CC(N)=O)(CC6)CC7)ccc5c34)[C@H](C)[C@H]12. The molecule has 2 bridgehead atoms. The fourth-order valence-electron chi connectivity index (χ4n) is 9.77. The van der Waals surface area contributed by atoms with Crippen molar-refractivity contribution >= 4 is 48.0 Å². The summed E-state index contributed by atoms with van der Waals surface area (Å²) in [6, 6.07) is 15.0. The van der Waals surface area contributed by atoms with Crippen LogP contribution in [0.5, 0.6) is 5.75 Å². The number of rotatable bonds is 15. The van der Waals surface area contributed by atoms with Gasteiger partial charge in [-0.25, -0.2) is 4.79 Å². The van der Waals surface area contributed by atoms with E-state index in [0.717, 1.165) is 94.9 Å². The van der Waals surface area contributed by atoms with Gasteiger partial charge >= 0.3 is 5.97 Å². The highest BCUT2D eigenvalue weighted by Crippen LogP contribution is 2.48. The first-order valence-corrected chi connectivity index (χ1v) is 21.6. The van der Waals surface area contributed by atoms with Crippen LogP contribution in [0, 0.1) is 11.8 Å². The Morgan fingerprint density at radius 3 is 2.35 bits per heavy atom. The van der Waals surface area contributed by atoms with E-state index < -0.39 is 14.3 Å². The number of nitrogens with zero attached hydrogens (tertiary/aromatic N) is 3. The van der Waals surface area contributed by atoms with Gasteiger partial charge in [-0.2, -0.15) is 0 Å². The molecule has 5 aliphatic rings. The molecular formula is C40H54N4O7Si+2. The molecule has 52 heavy (non-hydrogen) atoms. The van der Waals surface area contributed by atoms with Crippen LogP contribution in [0.3, 0.4) is 0 Å². The van der Waals surface area contributed by atoms with Crippen LogP contribution in [0.25, 0.3) is 21.9 Å². The molecule has 0 saturated carbocycles. The zero-order chi connectivity index (χ0) is 37.0. The molecule has 5 aliphatic heterocycles. The lowest BCUT2D eigenvalue weighted by molar-refractivity contribution is -1.08. The van der Waals surface area contributed by atoms with Gasteiger partial charge in [0.1, 0.15) is 75.0 Å². The lowest BCUT2D eigenvalue weighted by atomic mass is 9.77. The van der Waals surface area contributed by atoms with Crippen LogP contribution < -0.4 is 10.5 Å². The second-order valence-corrected chi connectivity index (χ2v) is 20.5. The predicted molar refractivity (Wildman–Crippen MR) is 202 cm³/mol. The van der Waals surface area contributed by atoms with Crippen molar-refractivity contribution in [2.45, 2.75) is 71.4 Å². The zero-order valence-electron chi connectivity index (χ0n) is 31.2. The minimum absolute atomic E-state index is 0.0644. The number of hydrogen-bond acceptors (Lipinski definition) is 6. The average Bonchev–Trinajstić information content (AvgIpc) is 3.62. The highest BCUT2D eigenvalue weighted by Gasteiger charge is 2.60. The summed E-state index contributed by atoms with van der Waals surface area (Å²) in [5.41, 5.74) is 9.07. The third kappa shape index (κ3) is 6.17. The number of primary amides is 1. The lowest BCUT2D eigenvalue weighted by Gasteiger charge is -2.55. The van der Waals surface area contributed by atoms with Gasteiger partial charge in [-0.3, -0.25) is 9.59 Å². The van der Waals surface area contributed by atoms with Gasteiger partial charge in [0.2, 0.25) is 5.91 Å². The minimum Gasteiger partial charge on any atom is -0.489 e. The molecule has 3 N–H and O–H groups in total. The number of hydrogen-bond donors (Lipinski definition) is 2. The Kier molecular flexibility index (Phi) is 9.64. The van der Waals surface area contributed by atoms with Gasteiger partial charge in [-0.1, -0.05) is 45.9 Å². The van der Waals surface area contributed by atoms with Crippen LogP contribution in [0.2, 0.25) is 18.1 Å². The summed E-state index contributed by atoms with van der Waals surface area (Å²) in [4.78, 5) is 39.1. The van der Waals surface area contributed by atoms with Crippen molar-refractivity contribution in [3.63, 3.8) is 0 Å². The van der Waals surface area contributed by atoms with Gasteiger partial charge in [0.25, 0.3) is 5.91 Å². The largest absolute Gasteiger partial charge is 0.489 e. The molecule has 4 saturated heterocycles. The van der Waals surface area contributed by atoms with Crippen molar-refractivity contribution in [2.75, 3.05) is 52.4 Å². The number of allylic oxidation sites excluding steroid dienone is 1. The van der Waals surface area contributed by atoms with Gasteiger partial charge in [0, 0.05) is 16.9 Å². The number of β-lactam (4-membered cyclic amide) rings is 1. The maximum absolute atomic E-state index is 13.5. The fraction of sp³-hybridized carbons (Fsp3) is 0.525. The van der Waals surface area contributed by atoms with Gasteiger partial charge in [-0.05, 0) is 61.0 Å². The summed E-state index contributed by atoms with van der Waals surface area (Å²) >= 11 is 0. The molecule has 3 aromatic rings. The highest BCUT2D eigenvalue weighted by molar-refractivity contribution is 6.73. The number of amides is 2. The van der Waals surface area contributed by atoms with E-state index in [-0.39, 0.29) is 48.1 Å². The maximum Gasteiger partial charge on any atom is 0.352 e. The molecule has 0 aliphatic carbocycles. The maximum atomic E-state index is 13.5. The highest BCUT2D eigenvalue weighted by atomic mass is 28.4. The molecule has 2 aromatic carbocycles. The number of furan rings is 1. The monoisotopic (exact) mass is 730 g/mol. The van der Waals surface area contributed by atoms with E-state index in [1.807, 2.05) is 44.2 Å². The second-order valence-electron chi connectivity index (χ2n) is 15.8. The molecule has 1 aromatic heterocycles. The summed E-state index contributed by atoms with van der Waals surface area (Å²) in [5, 5.41) is 12.1. The van der Waals surface area contributed by atoms with Crippen molar-refractivity contribution in [1.82, 2.24) is 4.90 Å². The van der Waals surface area contributed by atoms with E-state index in [4.69, 9.17) is 19.3 Å². The molecule has 6 heterocycles. The Labute approximate surface area is 306 Å². The van der Waals surface area contributed by atoms with Crippen LogP contribution in [-0.4, -0.2) is 110 Å². The fourth-order valence-corrected chi connectivity index (χ4v) is 12.7. The Bertz CT molecular complexity index is 1930. The molecule has 0 unspecified atom stereocenters. The molecule has 2 amide bonds. The van der Waals surface area contributed by atoms with Gasteiger partial charge in [0.15, 0.2) is 14.9 Å². The van der Waals surface area contributed by atoms with Crippen LogP contribution in [0.15, 0.2) is 64.2 Å². The average molecular weight is 731 g/mol. The quantitative estimate of drug-likeness (QED) is 0.122. The van der Waals surface area contributed by atoms with Gasteiger partial charge < -0.3 is 38.3 Å². The smallest absolute Gasteiger partial charge is 0.352 e. The first-order chi connectivity index (χ1) is 24.9. The van der Waals surface area contributed by atoms with E-state index >= 15 is 0 Å². The number of benzene rings is 2. The van der Waals surface area contributed by atoms with E-state index in [1.165, 1.54) is 10.5 Å². The summed E-state index contributed by atoms with van der Waals surface area (Å²) in [7, 11) is -1.94. The summed E-state index contributed by atoms with van der Waals surface area (Å²) < 4.78 is 21.2. The summed E-state index contributed by atoms with van der Waals surface area (Å²) in [5.74, 6) is -1.27. The second kappa shape index (κ2) is 13.8. The number of carboxylic acid groups (broad SMARTS) is 1. The Morgan fingerprint density at radius 2 is 1.71 bits per heavy atom. The van der Waals surface area contributed by atoms with Crippen molar-refractivity contribution < 1.29 is 42.0 Å². The molecule has 11 nitrogen and oxygen atoms in total. The van der Waals surface area contributed by atoms with Crippen LogP contribution in [-0.2, 0) is 25.4 Å². The number of piperazine rings is 3. The predicted octanol–water partition coefficient (Wildman–Crippen LogP) is 5.39. The molecule has 0 spiro atoms. The number of fused-ring (bicyclic) bond motifs is 7. The number of aliphatic carboxylic acids is 1. The van der Waals surface area contributed by atoms with E-state index in [0.29, 0.717) is 17.9 Å². The minimum atomic E-state index is -1.94. The standard InChI is InChI=1S/C40H52N4O7Si/c1-6-52(7-2,8-3)51-27(5)35-37-26(4)29(38(40(47)48)42(37)39(35)46)11-10-22-49-31-12-9-13-32-36(31)30-15-14-28(23-33(30)50-32)24-43-16-19-44(20-17-43,21-18-43)25-34(41)45/h9-15,23,26-27,35,37H,6-8,16-22,24-25H2,1-5H3,(H-2,41,45,47,48)/p+2/b11-10+/t26-,27+,35+,37+,43?,44?/m0/s1. The van der Waals surface area contributed by atoms with Crippen molar-refractivity contribution in [3.05, 3.63) is 65.4 Å². The van der Waals surface area contributed by atoms with Crippen LogP contribution in [0.1, 0.15) is 40.2 Å². The normalized spacial score (nSPS) is 27.8. The molecule has 8 rings (SSSR count). The third-order valence-electron chi connectivity index (χ3n) is 13.1. The summed E-state index contributed by atoms with van der Waals surface area (Å²) in [6.07, 6.45) is 3.40. The number of carbonyl (C=O) groups excluding carboxylic acids is 2. The molecule has 12 heteroatoms. The number of carbonyl (C=O) groups is 3. The molecule has 0 radical (unpaired) electrons. The van der Waals surface area contributed by atoms with Crippen molar-refractivity contribution in [3.8, 4) is 5.75 Å². The van der Waals surface area contributed by atoms with E-state index in [9.17, 15) is 19.5 Å². The molecule has 4 atom stereocenters. The van der Waals surface area contributed by atoms with E-state index in [2.05, 4.69) is 39.0 Å². The number of ether oxygens (including phenoxy) is 1. The van der Waals surface area contributed by atoms with Crippen LogP contribution in [0.4, 0.5) is 0 Å². The third-order valence-corrected chi connectivity index (χ3v) is 17.8. The van der Waals surface area contributed by atoms with Crippen molar-refractivity contribution in [1.29, 1.82) is 0 Å². The molecule has 4 fully saturated rings. The Hall–Kier alpha value is -3.97.